The fourth-order valence-corrected chi connectivity index (χ4v) is 2.59. The van der Waals surface area contributed by atoms with Gasteiger partial charge in [0.15, 0.2) is 17.5 Å². The van der Waals surface area contributed by atoms with Gasteiger partial charge in [-0.05, 0) is 31.2 Å². The molecule has 0 heterocycles. The maximum Gasteiger partial charge on any atom is 0.195 e. The molecule has 2 rings (SSSR count). The van der Waals surface area contributed by atoms with Gasteiger partial charge in [-0.2, -0.15) is 0 Å². The summed E-state index contributed by atoms with van der Waals surface area (Å²) in [6.07, 6.45) is 0.766. The SMILES string of the molecule is CN=C(NCC(C)Oc1ccccc1OC)Nc1cccc(OCCCOC)c1.I. The zero-order valence-electron chi connectivity index (χ0n) is 18.0. The standard InChI is InChI=1S/C22H31N3O4.HI/c1-17(29-21-12-6-5-11-20(21)27-4)16-24-22(23-2)25-18-9-7-10-19(15-18)28-14-8-13-26-3;/h5-7,9-12,15,17H,8,13-14,16H2,1-4H3,(H2,23,24,25);1H. The lowest BCUT2D eigenvalue weighted by Crippen LogP contribution is -2.37. The Morgan fingerprint density at radius 1 is 1.03 bits per heavy atom. The molecule has 0 aliphatic carbocycles. The molecule has 0 saturated carbocycles. The molecule has 0 bridgehead atoms. The number of ether oxygens (including phenoxy) is 4. The highest BCUT2D eigenvalue weighted by molar-refractivity contribution is 14.0. The molecule has 0 saturated heterocycles. The zero-order chi connectivity index (χ0) is 20.9. The van der Waals surface area contributed by atoms with Crippen molar-refractivity contribution in [2.45, 2.75) is 19.4 Å². The van der Waals surface area contributed by atoms with Crippen molar-refractivity contribution in [1.82, 2.24) is 5.32 Å². The molecule has 1 unspecified atom stereocenters. The third-order valence-corrected chi connectivity index (χ3v) is 4.04. The normalized spacial score (nSPS) is 11.8. The molecule has 0 aliphatic heterocycles. The van der Waals surface area contributed by atoms with Gasteiger partial charge >= 0.3 is 0 Å². The fraction of sp³-hybridized carbons (Fsp3) is 0.409. The van der Waals surface area contributed by atoms with Crippen LogP contribution in [-0.4, -0.2) is 53.1 Å². The summed E-state index contributed by atoms with van der Waals surface area (Å²) in [6, 6.07) is 15.4. The highest BCUT2D eigenvalue weighted by Crippen LogP contribution is 2.26. The highest BCUT2D eigenvalue weighted by atomic mass is 127. The van der Waals surface area contributed by atoms with Crippen molar-refractivity contribution in [1.29, 1.82) is 0 Å². The molecule has 1 atom stereocenters. The summed E-state index contributed by atoms with van der Waals surface area (Å²) < 4.78 is 22.1. The van der Waals surface area contributed by atoms with Gasteiger partial charge in [0.2, 0.25) is 0 Å². The second-order valence-electron chi connectivity index (χ2n) is 6.38. The van der Waals surface area contributed by atoms with Crippen molar-refractivity contribution >= 4 is 35.6 Å². The summed E-state index contributed by atoms with van der Waals surface area (Å²) in [4.78, 5) is 4.27. The summed E-state index contributed by atoms with van der Waals surface area (Å²) in [5.74, 6) is 2.88. The number of anilines is 1. The van der Waals surface area contributed by atoms with Gasteiger partial charge in [0.05, 0.1) is 20.3 Å². The first-order chi connectivity index (χ1) is 14.2. The topological polar surface area (TPSA) is 73.3 Å². The number of nitrogens with zero attached hydrogens (tertiary/aromatic N) is 1. The van der Waals surface area contributed by atoms with E-state index in [1.165, 1.54) is 0 Å². The smallest absolute Gasteiger partial charge is 0.195 e. The minimum Gasteiger partial charge on any atom is -0.493 e. The molecular formula is C22H32IN3O4. The largest absolute Gasteiger partial charge is 0.493 e. The molecule has 0 fully saturated rings. The molecule has 2 N–H and O–H groups in total. The molecule has 166 valence electrons. The highest BCUT2D eigenvalue weighted by Gasteiger charge is 2.09. The molecule has 7 nitrogen and oxygen atoms in total. The van der Waals surface area contributed by atoms with Gasteiger partial charge in [0, 0.05) is 38.9 Å². The molecule has 0 amide bonds. The zero-order valence-corrected chi connectivity index (χ0v) is 20.3. The van der Waals surface area contributed by atoms with Gasteiger partial charge in [0.1, 0.15) is 11.9 Å². The summed E-state index contributed by atoms with van der Waals surface area (Å²) in [6.45, 7) is 3.86. The van der Waals surface area contributed by atoms with E-state index in [0.29, 0.717) is 37.2 Å². The van der Waals surface area contributed by atoms with Crippen LogP contribution in [0.25, 0.3) is 0 Å². The van der Waals surface area contributed by atoms with E-state index in [1.807, 2.05) is 55.5 Å². The first kappa shape index (κ1) is 25.8. The minimum atomic E-state index is -0.0831. The average Bonchev–Trinajstić information content (AvgIpc) is 2.75. The fourth-order valence-electron chi connectivity index (χ4n) is 2.59. The Kier molecular flexibility index (Phi) is 12.7. The number of para-hydroxylation sites is 2. The molecular weight excluding hydrogens is 497 g/mol. The predicted octanol–water partition coefficient (Wildman–Crippen LogP) is 4.18. The van der Waals surface area contributed by atoms with Crippen LogP contribution in [0.3, 0.4) is 0 Å². The van der Waals surface area contributed by atoms with E-state index in [-0.39, 0.29) is 30.1 Å². The Balaban J connectivity index is 0.00000450. The number of nitrogens with one attached hydrogen (secondary N) is 2. The number of rotatable bonds is 11. The van der Waals surface area contributed by atoms with Crippen LogP contribution in [-0.2, 0) is 4.74 Å². The van der Waals surface area contributed by atoms with Crippen molar-refractivity contribution in [3.63, 3.8) is 0 Å². The number of hydrogen-bond donors (Lipinski definition) is 2. The van der Waals surface area contributed by atoms with Crippen LogP contribution >= 0.6 is 24.0 Å². The molecule has 0 aromatic heterocycles. The number of benzene rings is 2. The Labute approximate surface area is 196 Å². The van der Waals surface area contributed by atoms with Crippen LogP contribution < -0.4 is 24.8 Å². The number of guanidine groups is 1. The second-order valence-corrected chi connectivity index (χ2v) is 6.38. The lowest BCUT2D eigenvalue weighted by atomic mass is 10.3. The third kappa shape index (κ3) is 9.08. The Morgan fingerprint density at radius 3 is 2.50 bits per heavy atom. The number of aliphatic imine (C=N–C) groups is 1. The van der Waals surface area contributed by atoms with Gasteiger partial charge in [-0.3, -0.25) is 4.99 Å². The Hall–Kier alpha value is -2.20. The number of methoxy groups -OCH3 is 2. The van der Waals surface area contributed by atoms with Gasteiger partial charge < -0.3 is 29.6 Å². The first-order valence-electron chi connectivity index (χ1n) is 9.65. The van der Waals surface area contributed by atoms with E-state index < -0.39 is 0 Å². The van der Waals surface area contributed by atoms with Crippen LogP contribution in [0.1, 0.15) is 13.3 Å². The summed E-state index contributed by atoms with van der Waals surface area (Å²) in [5, 5.41) is 6.54. The van der Waals surface area contributed by atoms with E-state index in [0.717, 1.165) is 17.9 Å². The maximum absolute atomic E-state index is 5.96. The van der Waals surface area contributed by atoms with E-state index in [1.54, 1.807) is 21.3 Å². The molecule has 0 aliphatic rings. The quantitative estimate of drug-likeness (QED) is 0.197. The lowest BCUT2D eigenvalue weighted by molar-refractivity contribution is 0.172. The van der Waals surface area contributed by atoms with Gasteiger partial charge in [-0.25, -0.2) is 0 Å². The lowest BCUT2D eigenvalue weighted by Gasteiger charge is -2.19. The first-order valence-corrected chi connectivity index (χ1v) is 9.65. The van der Waals surface area contributed by atoms with Crippen LogP contribution in [0.15, 0.2) is 53.5 Å². The van der Waals surface area contributed by atoms with Crippen LogP contribution in [0.5, 0.6) is 17.2 Å². The molecule has 2 aromatic carbocycles. The predicted molar refractivity (Wildman–Crippen MR) is 132 cm³/mol. The van der Waals surface area contributed by atoms with Crippen molar-refractivity contribution in [3.05, 3.63) is 48.5 Å². The van der Waals surface area contributed by atoms with Crippen molar-refractivity contribution in [2.75, 3.05) is 46.3 Å². The minimum absolute atomic E-state index is 0. The van der Waals surface area contributed by atoms with Gasteiger partial charge in [-0.1, -0.05) is 18.2 Å². The van der Waals surface area contributed by atoms with E-state index in [4.69, 9.17) is 18.9 Å². The molecule has 30 heavy (non-hydrogen) atoms. The Bertz CT molecular complexity index is 774. The molecule has 0 spiro atoms. The van der Waals surface area contributed by atoms with E-state index >= 15 is 0 Å². The van der Waals surface area contributed by atoms with Crippen molar-refractivity contribution in [3.8, 4) is 17.2 Å². The molecule has 0 radical (unpaired) electrons. The number of hydrogen-bond acceptors (Lipinski definition) is 5. The van der Waals surface area contributed by atoms with Gasteiger partial charge in [-0.15, -0.1) is 24.0 Å². The summed E-state index contributed by atoms with van der Waals surface area (Å²) in [5.41, 5.74) is 0.889. The summed E-state index contributed by atoms with van der Waals surface area (Å²) in [7, 11) is 5.05. The van der Waals surface area contributed by atoms with Crippen LogP contribution in [0.4, 0.5) is 5.69 Å². The molecule has 2 aromatic rings. The maximum atomic E-state index is 5.96. The second kappa shape index (κ2) is 14.7. The van der Waals surface area contributed by atoms with Gasteiger partial charge in [0.25, 0.3) is 0 Å². The average molecular weight is 529 g/mol. The van der Waals surface area contributed by atoms with Crippen LogP contribution in [0, 0.1) is 0 Å². The van der Waals surface area contributed by atoms with Crippen molar-refractivity contribution < 1.29 is 18.9 Å². The summed E-state index contributed by atoms with van der Waals surface area (Å²) >= 11 is 0. The number of halogens is 1. The van der Waals surface area contributed by atoms with E-state index in [9.17, 15) is 0 Å². The van der Waals surface area contributed by atoms with Crippen LogP contribution in [0.2, 0.25) is 0 Å². The molecule has 8 heteroatoms. The van der Waals surface area contributed by atoms with E-state index in [2.05, 4.69) is 15.6 Å². The Morgan fingerprint density at radius 2 is 1.80 bits per heavy atom. The van der Waals surface area contributed by atoms with Crippen molar-refractivity contribution in [2.24, 2.45) is 4.99 Å². The monoisotopic (exact) mass is 529 g/mol. The third-order valence-electron chi connectivity index (χ3n) is 4.04.